The Morgan fingerprint density at radius 2 is 1.74 bits per heavy atom. The molecule has 0 aliphatic carbocycles. The minimum absolute atomic E-state index is 0.646. The number of halogens is 2. The third-order valence-corrected chi connectivity index (χ3v) is 3.60. The van der Waals surface area contributed by atoms with Gasteiger partial charge in [-0.1, -0.05) is 50.1 Å². The van der Waals surface area contributed by atoms with Crippen molar-refractivity contribution >= 4 is 37.5 Å². The van der Waals surface area contributed by atoms with Crippen LogP contribution in [0.1, 0.15) is 5.56 Å². The largest absolute Gasteiger partial charge is 0.383 e. The van der Waals surface area contributed by atoms with Crippen LogP contribution >= 0.6 is 31.9 Å². The Bertz CT molecular complexity index is 514. The minimum atomic E-state index is 0.646. The molecule has 2 rings (SSSR count). The van der Waals surface area contributed by atoms with Gasteiger partial charge in [-0.05, 0) is 35.9 Å². The Balaban J connectivity index is 1.66. The first-order valence-electron chi connectivity index (χ1n) is 6.06. The van der Waals surface area contributed by atoms with Gasteiger partial charge in [0.1, 0.15) is 0 Å². The van der Waals surface area contributed by atoms with Crippen LogP contribution in [0.25, 0.3) is 0 Å². The van der Waals surface area contributed by atoms with Crippen LogP contribution in [0.4, 0.5) is 5.69 Å². The number of benzene rings is 2. The SMILES string of the molecule is Brc1ccc(COCCNc2cccc(Br)c2)cc1. The van der Waals surface area contributed by atoms with Crippen LogP contribution in [0.15, 0.2) is 57.5 Å². The van der Waals surface area contributed by atoms with Crippen LogP contribution in [-0.2, 0) is 11.3 Å². The van der Waals surface area contributed by atoms with Gasteiger partial charge in [-0.15, -0.1) is 0 Å². The molecule has 19 heavy (non-hydrogen) atoms. The van der Waals surface area contributed by atoms with Crippen molar-refractivity contribution in [3.63, 3.8) is 0 Å². The molecule has 2 aromatic rings. The van der Waals surface area contributed by atoms with Crippen LogP contribution < -0.4 is 5.32 Å². The molecule has 2 aromatic carbocycles. The minimum Gasteiger partial charge on any atom is -0.383 e. The van der Waals surface area contributed by atoms with Crippen LogP contribution in [0, 0.1) is 0 Å². The highest BCUT2D eigenvalue weighted by molar-refractivity contribution is 9.10. The van der Waals surface area contributed by atoms with Gasteiger partial charge < -0.3 is 10.1 Å². The molecule has 0 radical (unpaired) electrons. The maximum atomic E-state index is 5.62. The number of hydrogen-bond donors (Lipinski definition) is 1. The van der Waals surface area contributed by atoms with Gasteiger partial charge in [0.05, 0.1) is 13.2 Å². The van der Waals surface area contributed by atoms with E-state index in [-0.39, 0.29) is 0 Å². The molecule has 0 saturated carbocycles. The predicted molar refractivity (Wildman–Crippen MR) is 86.4 cm³/mol. The van der Waals surface area contributed by atoms with Gasteiger partial charge in [-0.2, -0.15) is 0 Å². The second kappa shape index (κ2) is 7.68. The molecule has 0 aliphatic rings. The quantitative estimate of drug-likeness (QED) is 0.719. The van der Waals surface area contributed by atoms with Gasteiger partial charge in [-0.3, -0.25) is 0 Å². The lowest BCUT2D eigenvalue weighted by molar-refractivity contribution is 0.130. The molecule has 0 unspecified atom stereocenters. The van der Waals surface area contributed by atoms with E-state index in [0.717, 1.165) is 21.2 Å². The maximum absolute atomic E-state index is 5.62. The van der Waals surface area contributed by atoms with E-state index in [4.69, 9.17) is 4.74 Å². The average molecular weight is 385 g/mol. The summed E-state index contributed by atoms with van der Waals surface area (Å²) in [5.74, 6) is 0. The summed E-state index contributed by atoms with van der Waals surface area (Å²) < 4.78 is 7.79. The first-order chi connectivity index (χ1) is 9.24. The zero-order valence-electron chi connectivity index (χ0n) is 10.4. The molecule has 4 heteroatoms. The first-order valence-corrected chi connectivity index (χ1v) is 7.64. The van der Waals surface area contributed by atoms with Crippen molar-refractivity contribution in [1.29, 1.82) is 0 Å². The van der Waals surface area contributed by atoms with E-state index >= 15 is 0 Å². The van der Waals surface area contributed by atoms with E-state index in [1.165, 1.54) is 5.56 Å². The first kappa shape index (κ1) is 14.6. The van der Waals surface area contributed by atoms with Crippen LogP contribution in [0.2, 0.25) is 0 Å². The molecule has 0 fully saturated rings. The normalized spacial score (nSPS) is 10.4. The highest BCUT2D eigenvalue weighted by Crippen LogP contribution is 2.15. The van der Waals surface area contributed by atoms with Gasteiger partial charge >= 0.3 is 0 Å². The second-order valence-electron chi connectivity index (χ2n) is 4.12. The Morgan fingerprint density at radius 3 is 2.47 bits per heavy atom. The average Bonchev–Trinajstić information content (AvgIpc) is 2.41. The molecule has 1 N–H and O–H groups in total. The number of anilines is 1. The summed E-state index contributed by atoms with van der Waals surface area (Å²) in [6.07, 6.45) is 0. The third-order valence-electron chi connectivity index (χ3n) is 2.58. The fourth-order valence-electron chi connectivity index (χ4n) is 1.64. The topological polar surface area (TPSA) is 21.3 Å². The number of hydrogen-bond acceptors (Lipinski definition) is 2. The molecular weight excluding hydrogens is 370 g/mol. The lowest BCUT2D eigenvalue weighted by Gasteiger charge is -2.08. The van der Waals surface area contributed by atoms with Crippen molar-refractivity contribution in [2.75, 3.05) is 18.5 Å². The standard InChI is InChI=1S/C15H15Br2NO/c16-13-6-4-12(5-7-13)11-19-9-8-18-15-3-1-2-14(17)10-15/h1-7,10,18H,8-9,11H2. The number of nitrogens with one attached hydrogen (secondary N) is 1. The zero-order valence-corrected chi connectivity index (χ0v) is 13.6. The van der Waals surface area contributed by atoms with Crippen LogP contribution in [0.3, 0.4) is 0 Å². The second-order valence-corrected chi connectivity index (χ2v) is 5.95. The summed E-state index contributed by atoms with van der Waals surface area (Å²) in [4.78, 5) is 0. The summed E-state index contributed by atoms with van der Waals surface area (Å²) in [7, 11) is 0. The van der Waals surface area contributed by atoms with Gasteiger partial charge in [-0.25, -0.2) is 0 Å². The molecule has 0 bridgehead atoms. The summed E-state index contributed by atoms with van der Waals surface area (Å²) in [6, 6.07) is 16.3. The van der Waals surface area contributed by atoms with Crippen molar-refractivity contribution in [2.45, 2.75) is 6.61 Å². The monoisotopic (exact) mass is 383 g/mol. The summed E-state index contributed by atoms with van der Waals surface area (Å²) in [5, 5.41) is 3.32. The number of ether oxygens (including phenoxy) is 1. The van der Waals surface area contributed by atoms with Crippen molar-refractivity contribution in [1.82, 2.24) is 0 Å². The molecule has 0 amide bonds. The highest BCUT2D eigenvalue weighted by atomic mass is 79.9. The van der Waals surface area contributed by atoms with E-state index in [9.17, 15) is 0 Å². The van der Waals surface area contributed by atoms with E-state index in [0.29, 0.717) is 13.2 Å². The summed E-state index contributed by atoms with van der Waals surface area (Å²) >= 11 is 6.86. The van der Waals surface area contributed by atoms with Gasteiger partial charge in [0.2, 0.25) is 0 Å². The van der Waals surface area contributed by atoms with Crippen LogP contribution in [-0.4, -0.2) is 13.2 Å². The lowest BCUT2D eigenvalue weighted by Crippen LogP contribution is -2.09. The fourth-order valence-corrected chi connectivity index (χ4v) is 2.30. The third kappa shape index (κ3) is 5.35. The maximum Gasteiger partial charge on any atom is 0.0717 e. The lowest BCUT2D eigenvalue weighted by atomic mass is 10.2. The molecule has 2 nitrogen and oxygen atoms in total. The van der Waals surface area contributed by atoms with Gasteiger partial charge in [0, 0.05) is 21.2 Å². The van der Waals surface area contributed by atoms with Crippen molar-refractivity contribution in [3.05, 3.63) is 63.0 Å². The van der Waals surface area contributed by atoms with E-state index in [2.05, 4.69) is 55.4 Å². The highest BCUT2D eigenvalue weighted by Gasteiger charge is 1.95. The molecule has 0 spiro atoms. The van der Waals surface area contributed by atoms with Crippen molar-refractivity contribution in [2.24, 2.45) is 0 Å². The number of rotatable bonds is 6. The smallest absolute Gasteiger partial charge is 0.0717 e. The van der Waals surface area contributed by atoms with Crippen molar-refractivity contribution in [3.8, 4) is 0 Å². The Kier molecular flexibility index (Phi) is 5.89. The fraction of sp³-hybridized carbons (Fsp3) is 0.200. The zero-order chi connectivity index (χ0) is 13.5. The van der Waals surface area contributed by atoms with Crippen molar-refractivity contribution < 1.29 is 4.74 Å². The van der Waals surface area contributed by atoms with Gasteiger partial charge in [0.25, 0.3) is 0 Å². The molecule has 100 valence electrons. The Hall–Kier alpha value is -0.840. The Morgan fingerprint density at radius 1 is 0.947 bits per heavy atom. The predicted octanol–water partition coefficient (Wildman–Crippen LogP) is 4.84. The Labute approximate surface area is 130 Å². The molecule has 0 saturated heterocycles. The molecular formula is C15H15Br2NO. The van der Waals surface area contributed by atoms with Crippen LogP contribution in [0.5, 0.6) is 0 Å². The van der Waals surface area contributed by atoms with Gasteiger partial charge in [0.15, 0.2) is 0 Å². The molecule has 0 aromatic heterocycles. The molecule has 0 aliphatic heterocycles. The van der Waals surface area contributed by atoms with E-state index in [1.54, 1.807) is 0 Å². The summed E-state index contributed by atoms with van der Waals surface area (Å²) in [6.45, 7) is 2.13. The van der Waals surface area contributed by atoms with E-state index in [1.807, 2.05) is 30.3 Å². The molecule has 0 heterocycles. The van der Waals surface area contributed by atoms with E-state index < -0.39 is 0 Å². The molecule has 0 atom stereocenters. The summed E-state index contributed by atoms with van der Waals surface area (Å²) in [5.41, 5.74) is 2.28.